The molecule has 104 valence electrons. The lowest BCUT2D eigenvalue weighted by atomic mass is 10.0. The number of allylic oxidation sites excluding steroid dienone is 2. The van der Waals surface area contributed by atoms with Gasteiger partial charge in [0.2, 0.25) is 0 Å². The van der Waals surface area contributed by atoms with Crippen LogP contribution in [0.3, 0.4) is 0 Å². The molecule has 1 aliphatic rings. The molecule has 2 nitrogen and oxygen atoms in total. The van der Waals surface area contributed by atoms with Crippen molar-refractivity contribution in [2.75, 3.05) is 6.61 Å². The van der Waals surface area contributed by atoms with Crippen molar-refractivity contribution in [2.24, 2.45) is 5.92 Å². The van der Waals surface area contributed by atoms with Crippen LogP contribution in [0.25, 0.3) is 0 Å². The molecular formula is C16H28O2. The number of carbonyl (C=O) groups excluding carboxylic acids is 1. The van der Waals surface area contributed by atoms with Gasteiger partial charge in [-0.1, -0.05) is 44.8 Å². The largest absolute Gasteiger partial charge is 0.466 e. The summed E-state index contributed by atoms with van der Waals surface area (Å²) in [5.74, 6) is 0.604. The van der Waals surface area contributed by atoms with Gasteiger partial charge >= 0.3 is 5.97 Å². The molecule has 0 aromatic heterocycles. The van der Waals surface area contributed by atoms with E-state index >= 15 is 0 Å². The lowest BCUT2D eigenvalue weighted by Gasteiger charge is -2.10. The second kappa shape index (κ2) is 10.2. The topological polar surface area (TPSA) is 26.3 Å². The zero-order valence-electron chi connectivity index (χ0n) is 11.8. The molecule has 0 bridgehead atoms. The zero-order chi connectivity index (χ0) is 13.1. The monoisotopic (exact) mass is 252 g/mol. The van der Waals surface area contributed by atoms with Crippen LogP contribution in [0.1, 0.15) is 71.1 Å². The minimum Gasteiger partial charge on any atom is -0.466 e. The number of hydrogen-bond acceptors (Lipinski definition) is 2. The van der Waals surface area contributed by atoms with Gasteiger partial charge in [-0.15, -0.1) is 0 Å². The number of ether oxygens (including phenoxy) is 1. The van der Waals surface area contributed by atoms with E-state index in [4.69, 9.17) is 4.74 Å². The number of carbonyl (C=O) groups is 1. The molecule has 18 heavy (non-hydrogen) atoms. The van der Waals surface area contributed by atoms with E-state index in [1.807, 2.05) is 0 Å². The molecule has 0 amide bonds. The fraction of sp³-hybridized carbons (Fsp3) is 0.812. The van der Waals surface area contributed by atoms with Crippen molar-refractivity contribution in [2.45, 2.75) is 71.1 Å². The molecule has 1 heterocycles. The standard InChI is InChI=1S/C16H28O2/c1-15-11-9-7-5-3-2-4-6-8-10-12-16(17)18-14-13-15/h7,9,15H,2-6,8,10-14H2,1H3/b9-7-. The van der Waals surface area contributed by atoms with Gasteiger partial charge in [0.1, 0.15) is 0 Å². The second-order valence-electron chi connectivity index (χ2n) is 5.48. The second-order valence-corrected chi connectivity index (χ2v) is 5.48. The van der Waals surface area contributed by atoms with Gasteiger partial charge in [-0.3, -0.25) is 4.79 Å². The van der Waals surface area contributed by atoms with Gasteiger partial charge in [-0.25, -0.2) is 0 Å². The predicted octanol–water partition coefficient (Wildman–Crippen LogP) is 4.64. The Morgan fingerprint density at radius 1 is 1.06 bits per heavy atom. The summed E-state index contributed by atoms with van der Waals surface area (Å²) in [5, 5.41) is 0. The highest BCUT2D eigenvalue weighted by atomic mass is 16.5. The van der Waals surface area contributed by atoms with E-state index in [0.717, 1.165) is 19.3 Å². The number of rotatable bonds is 0. The molecule has 0 saturated heterocycles. The Morgan fingerprint density at radius 3 is 2.61 bits per heavy atom. The summed E-state index contributed by atoms with van der Waals surface area (Å²) in [6.45, 7) is 2.81. The predicted molar refractivity (Wildman–Crippen MR) is 75.4 cm³/mol. The van der Waals surface area contributed by atoms with Gasteiger partial charge in [0, 0.05) is 6.42 Å². The van der Waals surface area contributed by atoms with E-state index in [-0.39, 0.29) is 5.97 Å². The van der Waals surface area contributed by atoms with Crippen LogP contribution in [-0.4, -0.2) is 12.6 Å². The van der Waals surface area contributed by atoms with Crippen molar-refractivity contribution >= 4 is 5.97 Å². The summed E-state index contributed by atoms with van der Waals surface area (Å²) < 4.78 is 5.25. The first-order valence-corrected chi connectivity index (χ1v) is 7.59. The van der Waals surface area contributed by atoms with Crippen molar-refractivity contribution in [3.05, 3.63) is 12.2 Å². The maximum Gasteiger partial charge on any atom is 0.305 e. The lowest BCUT2D eigenvalue weighted by molar-refractivity contribution is -0.144. The highest BCUT2D eigenvalue weighted by Crippen LogP contribution is 2.13. The SMILES string of the molecule is CC1C/C=C\CCCCCCCCC(=O)OCC1. The van der Waals surface area contributed by atoms with E-state index in [0.29, 0.717) is 18.9 Å². The number of cyclic esters (lactones) is 1. The van der Waals surface area contributed by atoms with Crippen molar-refractivity contribution in [3.63, 3.8) is 0 Å². The van der Waals surface area contributed by atoms with E-state index in [1.165, 1.54) is 38.5 Å². The Hall–Kier alpha value is -0.790. The van der Waals surface area contributed by atoms with E-state index in [2.05, 4.69) is 19.1 Å². The summed E-state index contributed by atoms with van der Waals surface area (Å²) in [5.41, 5.74) is 0. The van der Waals surface area contributed by atoms with Crippen LogP contribution in [0.2, 0.25) is 0 Å². The smallest absolute Gasteiger partial charge is 0.305 e. The highest BCUT2D eigenvalue weighted by molar-refractivity contribution is 5.69. The van der Waals surface area contributed by atoms with Crippen molar-refractivity contribution in [1.82, 2.24) is 0 Å². The average Bonchev–Trinajstić information content (AvgIpc) is 2.34. The number of esters is 1. The zero-order valence-corrected chi connectivity index (χ0v) is 11.8. The molecule has 1 unspecified atom stereocenters. The van der Waals surface area contributed by atoms with Crippen molar-refractivity contribution < 1.29 is 9.53 Å². The van der Waals surface area contributed by atoms with Gasteiger partial charge in [-0.2, -0.15) is 0 Å². The third-order valence-corrected chi connectivity index (χ3v) is 3.58. The van der Waals surface area contributed by atoms with Crippen LogP contribution in [-0.2, 0) is 9.53 Å². The van der Waals surface area contributed by atoms with Crippen LogP contribution in [0.5, 0.6) is 0 Å². The van der Waals surface area contributed by atoms with Crippen molar-refractivity contribution in [3.8, 4) is 0 Å². The quantitative estimate of drug-likeness (QED) is 0.464. The maximum absolute atomic E-state index is 11.4. The minimum absolute atomic E-state index is 0.00941. The maximum atomic E-state index is 11.4. The molecule has 0 aromatic rings. The first kappa shape index (κ1) is 15.3. The fourth-order valence-corrected chi connectivity index (χ4v) is 2.25. The molecule has 2 heteroatoms. The van der Waals surface area contributed by atoms with Crippen LogP contribution < -0.4 is 0 Å². The Balaban J connectivity index is 2.28. The van der Waals surface area contributed by atoms with Crippen LogP contribution in [0, 0.1) is 5.92 Å². The van der Waals surface area contributed by atoms with Crippen LogP contribution in [0.4, 0.5) is 0 Å². The van der Waals surface area contributed by atoms with E-state index in [1.54, 1.807) is 0 Å². The molecule has 0 fully saturated rings. The molecule has 1 atom stereocenters. The minimum atomic E-state index is -0.00941. The Labute approximate surface area is 112 Å². The van der Waals surface area contributed by atoms with E-state index < -0.39 is 0 Å². The van der Waals surface area contributed by atoms with Crippen LogP contribution in [0.15, 0.2) is 12.2 Å². The molecule has 0 radical (unpaired) electrons. The summed E-state index contributed by atoms with van der Waals surface area (Å²) in [6, 6.07) is 0. The van der Waals surface area contributed by atoms with Gasteiger partial charge in [0.15, 0.2) is 0 Å². The van der Waals surface area contributed by atoms with Gasteiger partial charge in [-0.05, 0) is 38.0 Å². The molecular weight excluding hydrogens is 224 g/mol. The normalized spacial score (nSPS) is 27.4. The average molecular weight is 252 g/mol. The Bertz CT molecular complexity index is 245. The van der Waals surface area contributed by atoms with Crippen molar-refractivity contribution in [1.29, 1.82) is 0 Å². The van der Waals surface area contributed by atoms with Gasteiger partial charge in [0.05, 0.1) is 6.61 Å². The molecule has 0 aromatic carbocycles. The molecule has 1 aliphatic heterocycles. The summed E-state index contributed by atoms with van der Waals surface area (Å²) in [6.07, 6.45) is 15.9. The third-order valence-electron chi connectivity index (χ3n) is 3.58. The molecule has 0 spiro atoms. The lowest BCUT2D eigenvalue weighted by Crippen LogP contribution is -2.08. The molecule has 0 saturated carbocycles. The van der Waals surface area contributed by atoms with E-state index in [9.17, 15) is 4.79 Å². The molecule has 0 aliphatic carbocycles. The first-order chi connectivity index (χ1) is 8.79. The van der Waals surface area contributed by atoms with Crippen LogP contribution >= 0.6 is 0 Å². The summed E-state index contributed by atoms with van der Waals surface area (Å²) in [4.78, 5) is 11.4. The van der Waals surface area contributed by atoms with Gasteiger partial charge in [0.25, 0.3) is 0 Å². The molecule has 1 rings (SSSR count). The third kappa shape index (κ3) is 8.32. The Morgan fingerprint density at radius 2 is 1.78 bits per heavy atom. The highest BCUT2D eigenvalue weighted by Gasteiger charge is 2.05. The van der Waals surface area contributed by atoms with Gasteiger partial charge < -0.3 is 4.74 Å². The summed E-state index contributed by atoms with van der Waals surface area (Å²) >= 11 is 0. The molecule has 0 N–H and O–H groups in total. The Kier molecular flexibility index (Phi) is 8.62. The fourth-order valence-electron chi connectivity index (χ4n) is 2.25. The summed E-state index contributed by atoms with van der Waals surface area (Å²) in [7, 11) is 0. The first-order valence-electron chi connectivity index (χ1n) is 7.59. The number of hydrogen-bond donors (Lipinski definition) is 0.